The maximum absolute atomic E-state index is 12.1. The van der Waals surface area contributed by atoms with Gasteiger partial charge in [0.1, 0.15) is 0 Å². The zero-order valence-corrected chi connectivity index (χ0v) is 12.9. The highest BCUT2D eigenvalue weighted by Crippen LogP contribution is 2.23. The molecule has 0 aliphatic rings. The Balaban J connectivity index is 2.13. The first kappa shape index (κ1) is 15.2. The SMILES string of the molecule is C[C@H](NC(=O)c1ccc(Cl)c(Cl)c1)c1cccc(Cl)c1. The van der Waals surface area contributed by atoms with Crippen LogP contribution in [0.2, 0.25) is 15.1 Å². The van der Waals surface area contributed by atoms with Crippen LogP contribution in [0.15, 0.2) is 42.5 Å². The molecule has 5 heteroatoms. The summed E-state index contributed by atoms with van der Waals surface area (Å²) in [6, 6.07) is 12.0. The molecule has 1 atom stereocenters. The van der Waals surface area contributed by atoms with E-state index in [1.165, 1.54) is 0 Å². The molecule has 0 radical (unpaired) electrons. The van der Waals surface area contributed by atoms with Crippen LogP contribution in [-0.2, 0) is 0 Å². The van der Waals surface area contributed by atoms with Crippen LogP contribution < -0.4 is 5.32 Å². The molecule has 0 aromatic heterocycles. The standard InChI is InChI=1S/C15H12Cl3NO/c1-9(10-3-2-4-12(16)7-10)19-15(20)11-5-6-13(17)14(18)8-11/h2-9H,1H3,(H,19,20)/t9-/m0/s1. The van der Waals surface area contributed by atoms with Crippen molar-refractivity contribution in [2.75, 3.05) is 0 Å². The average Bonchev–Trinajstić information content (AvgIpc) is 2.41. The highest BCUT2D eigenvalue weighted by atomic mass is 35.5. The third-order valence-corrected chi connectivity index (χ3v) is 3.85. The topological polar surface area (TPSA) is 29.1 Å². The number of rotatable bonds is 3. The number of halogens is 3. The van der Waals surface area contributed by atoms with E-state index in [-0.39, 0.29) is 11.9 Å². The van der Waals surface area contributed by atoms with Crippen molar-refractivity contribution < 1.29 is 4.79 Å². The van der Waals surface area contributed by atoms with Crippen LogP contribution in [0.4, 0.5) is 0 Å². The summed E-state index contributed by atoms with van der Waals surface area (Å²) in [5.41, 5.74) is 1.40. The number of hydrogen-bond acceptors (Lipinski definition) is 1. The van der Waals surface area contributed by atoms with Crippen LogP contribution in [0, 0.1) is 0 Å². The van der Waals surface area contributed by atoms with Crippen molar-refractivity contribution >= 4 is 40.7 Å². The average molecular weight is 329 g/mol. The van der Waals surface area contributed by atoms with Gasteiger partial charge < -0.3 is 5.32 Å². The largest absolute Gasteiger partial charge is 0.346 e. The van der Waals surface area contributed by atoms with Crippen LogP contribution in [0.25, 0.3) is 0 Å². The van der Waals surface area contributed by atoms with E-state index in [1.807, 2.05) is 25.1 Å². The van der Waals surface area contributed by atoms with Crippen molar-refractivity contribution in [2.45, 2.75) is 13.0 Å². The summed E-state index contributed by atoms with van der Waals surface area (Å²) in [5.74, 6) is -0.212. The predicted octanol–water partition coefficient (Wildman–Crippen LogP) is 5.14. The van der Waals surface area contributed by atoms with Gasteiger partial charge in [-0.15, -0.1) is 0 Å². The summed E-state index contributed by atoms with van der Waals surface area (Å²) in [6.07, 6.45) is 0. The van der Waals surface area contributed by atoms with Crippen molar-refractivity contribution in [3.63, 3.8) is 0 Å². The third kappa shape index (κ3) is 3.66. The molecule has 2 aromatic carbocycles. The Morgan fingerprint density at radius 1 is 1.05 bits per heavy atom. The Bertz CT molecular complexity index is 643. The zero-order chi connectivity index (χ0) is 14.7. The summed E-state index contributed by atoms with van der Waals surface area (Å²) in [6.45, 7) is 1.89. The van der Waals surface area contributed by atoms with Gasteiger partial charge >= 0.3 is 0 Å². The molecule has 0 saturated carbocycles. The van der Waals surface area contributed by atoms with Gasteiger partial charge in [0.15, 0.2) is 0 Å². The summed E-state index contributed by atoms with van der Waals surface area (Å²) in [4.78, 5) is 12.1. The third-order valence-electron chi connectivity index (χ3n) is 2.88. The number of hydrogen-bond donors (Lipinski definition) is 1. The smallest absolute Gasteiger partial charge is 0.251 e. The quantitative estimate of drug-likeness (QED) is 0.830. The fraction of sp³-hybridized carbons (Fsp3) is 0.133. The normalized spacial score (nSPS) is 12.0. The number of carbonyl (C=O) groups excluding carboxylic acids is 1. The number of benzene rings is 2. The Hall–Kier alpha value is -1.22. The molecule has 0 fully saturated rings. The predicted molar refractivity (Wildman–Crippen MR) is 83.8 cm³/mol. The molecular formula is C15H12Cl3NO. The minimum atomic E-state index is -0.212. The van der Waals surface area contributed by atoms with Crippen LogP contribution >= 0.6 is 34.8 Å². The molecule has 2 aromatic rings. The molecule has 0 aliphatic heterocycles. The molecule has 2 rings (SSSR count). The van der Waals surface area contributed by atoms with Crippen molar-refractivity contribution in [3.8, 4) is 0 Å². The molecule has 0 unspecified atom stereocenters. The lowest BCUT2D eigenvalue weighted by Gasteiger charge is -2.15. The molecule has 0 heterocycles. The summed E-state index contributed by atoms with van der Waals surface area (Å²) in [7, 11) is 0. The fourth-order valence-electron chi connectivity index (χ4n) is 1.78. The molecule has 2 nitrogen and oxygen atoms in total. The van der Waals surface area contributed by atoms with Gasteiger partial charge in [-0.25, -0.2) is 0 Å². The highest BCUT2D eigenvalue weighted by Gasteiger charge is 2.12. The van der Waals surface area contributed by atoms with Crippen molar-refractivity contribution in [2.24, 2.45) is 0 Å². The van der Waals surface area contributed by atoms with E-state index < -0.39 is 0 Å². The first-order valence-corrected chi connectivity index (χ1v) is 7.12. The van der Waals surface area contributed by atoms with Crippen molar-refractivity contribution in [1.29, 1.82) is 0 Å². The summed E-state index contributed by atoms with van der Waals surface area (Å²) < 4.78 is 0. The second-order valence-electron chi connectivity index (χ2n) is 4.38. The van der Waals surface area contributed by atoms with E-state index in [0.717, 1.165) is 5.56 Å². The lowest BCUT2D eigenvalue weighted by molar-refractivity contribution is 0.0940. The molecular weight excluding hydrogens is 317 g/mol. The molecule has 0 spiro atoms. The van der Waals surface area contributed by atoms with Gasteiger partial charge in [0.05, 0.1) is 16.1 Å². The number of carbonyl (C=O) groups is 1. The lowest BCUT2D eigenvalue weighted by Crippen LogP contribution is -2.26. The Labute approximate surface area is 132 Å². The van der Waals surface area contributed by atoms with Crippen LogP contribution in [0.1, 0.15) is 28.9 Å². The maximum atomic E-state index is 12.1. The van der Waals surface area contributed by atoms with Crippen LogP contribution in [0.5, 0.6) is 0 Å². The fourth-order valence-corrected chi connectivity index (χ4v) is 2.27. The van der Waals surface area contributed by atoms with Gasteiger partial charge in [-0.1, -0.05) is 46.9 Å². The van der Waals surface area contributed by atoms with Gasteiger partial charge in [0.2, 0.25) is 0 Å². The summed E-state index contributed by atoms with van der Waals surface area (Å²) >= 11 is 17.7. The second kappa shape index (κ2) is 6.49. The van der Waals surface area contributed by atoms with Crippen molar-refractivity contribution in [3.05, 3.63) is 68.7 Å². The van der Waals surface area contributed by atoms with Gasteiger partial charge in [-0.3, -0.25) is 4.79 Å². The molecule has 0 bridgehead atoms. The maximum Gasteiger partial charge on any atom is 0.251 e. The Kier molecular flexibility index (Phi) is 4.92. The lowest BCUT2D eigenvalue weighted by atomic mass is 10.1. The second-order valence-corrected chi connectivity index (χ2v) is 5.63. The van der Waals surface area contributed by atoms with Crippen LogP contribution in [-0.4, -0.2) is 5.91 Å². The molecule has 104 valence electrons. The molecule has 0 saturated heterocycles. The van der Waals surface area contributed by atoms with E-state index in [0.29, 0.717) is 20.6 Å². The molecule has 1 N–H and O–H groups in total. The van der Waals surface area contributed by atoms with E-state index >= 15 is 0 Å². The van der Waals surface area contributed by atoms with Crippen LogP contribution in [0.3, 0.4) is 0 Å². The van der Waals surface area contributed by atoms with Gasteiger partial charge in [0, 0.05) is 10.6 Å². The summed E-state index contributed by atoms with van der Waals surface area (Å²) in [5, 5.41) is 4.30. The van der Waals surface area contributed by atoms with Crippen molar-refractivity contribution in [1.82, 2.24) is 5.32 Å². The molecule has 1 amide bonds. The van der Waals surface area contributed by atoms with E-state index in [2.05, 4.69) is 5.32 Å². The molecule has 0 aliphatic carbocycles. The van der Waals surface area contributed by atoms with Gasteiger partial charge in [-0.05, 0) is 42.8 Å². The zero-order valence-electron chi connectivity index (χ0n) is 10.7. The number of nitrogens with one attached hydrogen (secondary N) is 1. The van der Waals surface area contributed by atoms with E-state index in [4.69, 9.17) is 34.8 Å². The Morgan fingerprint density at radius 3 is 2.45 bits per heavy atom. The Morgan fingerprint density at radius 2 is 1.80 bits per heavy atom. The molecule has 20 heavy (non-hydrogen) atoms. The van der Waals surface area contributed by atoms with Gasteiger partial charge in [-0.2, -0.15) is 0 Å². The first-order chi connectivity index (χ1) is 9.47. The first-order valence-electron chi connectivity index (χ1n) is 5.99. The van der Waals surface area contributed by atoms with E-state index in [1.54, 1.807) is 24.3 Å². The number of amides is 1. The minimum Gasteiger partial charge on any atom is -0.346 e. The highest BCUT2D eigenvalue weighted by molar-refractivity contribution is 6.42. The van der Waals surface area contributed by atoms with Gasteiger partial charge in [0.25, 0.3) is 5.91 Å². The monoisotopic (exact) mass is 327 g/mol. The minimum absolute atomic E-state index is 0.157. The van der Waals surface area contributed by atoms with E-state index in [9.17, 15) is 4.79 Å².